The van der Waals surface area contributed by atoms with Gasteiger partial charge >= 0.3 is 0 Å². The lowest BCUT2D eigenvalue weighted by Crippen LogP contribution is -2.34. The van der Waals surface area contributed by atoms with Crippen molar-refractivity contribution < 1.29 is 9.53 Å². The van der Waals surface area contributed by atoms with Gasteiger partial charge in [0, 0.05) is 5.41 Å². The minimum absolute atomic E-state index is 0.125. The number of rotatable bonds is 2. The van der Waals surface area contributed by atoms with E-state index in [0.29, 0.717) is 4.88 Å². The Morgan fingerprint density at radius 3 is 2.35 bits per heavy atom. The number of nitrogens with zero attached hydrogens (tertiary/aromatic N) is 2. The normalized spacial score (nSPS) is 24.9. The highest BCUT2D eigenvalue weighted by atomic mass is 32.1. The Morgan fingerprint density at radius 2 is 1.90 bits per heavy atom. The third-order valence-electron chi connectivity index (χ3n) is 3.81. The number of carbonyl (C=O) groups excluding carboxylic acids is 1. The van der Waals surface area contributed by atoms with Gasteiger partial charge in [-0.05, 0) is 45.6 Å². The molecular formula is C15H24N2O2S. The summed E-state index contributed by atoms with van der Waals surface area (Å²) in [5, 5.41) is 4.17. The molecule has 0 N–H and O–H groups in total. The topological polar surface area (TPSA) is 52.1 Å². The molecule has 1 aliphatic heterocycles. The van der Waals surface area contributed by atoms with Gasteiger partial charge in [0.05, 0.1) is 22.8 Å². The highest BCUT2D eigenvalue weighted by molar-refractivity contribution is 7.08. The molecule has 1 aliphatic rings. The Bertz CT molecular complexity index is 526. The Hall–Kier alpha value is -0.810. The van der Waals surface area contributed by atoms with Gasteiger partial charge in [-0.1, -0.05) is 25.3 Å². The van der Waals surface area contributed by atoms with Crippen molar-refractivity contribution in [2.24, 2.45) is 5.92 Å². The van der Waals surface area contributed by atoms with Gasteiger partial charge in [-0.25, -0.2) is 0 Å². The molecule has 1 aromatic heterocycles. The third kappa shape index (κ3) is 2.79. The second-order valence-electron chi connectivity index (χ2n) is 7.79. The molecule has 0 spiro atoms. The van der Waals surface area contributed by atoms with Crippen LogP contribution in [0.25, 0.3) is 0 Å². The zero-order valence-electron chi connectivity index (χ0n) is 13.4. The van der Waals surface area contributed by atoms with Crippen molar-refractivity contribution in [1.82, 2.24) is 9.59 Å². The molecule has 2 heterocycles. The highest BCUT2D eigenvalue weighted by Gasteiger charge is 2.50. The van der Waals surface area contributed by atoms with Crippen molar-refractivity contribution in [2.75, 3.05) is 0 Å². The van der Waals surface area contributed by atoms with Crippen molar-refractivity contribution in [2.45, 2.75) is 71.5 Å². The van der Waals surface area contributed by atoms with E-state index in [2.05, 4.69) is 30.4 Å². The Labute approximate surface area is 125 Å². The number of ketones is 1. The van der Waals surface area contributed by atoms with E-state index in [1.807, 2.05) is 27.7 Å². The molecule has 4 nitrogen and oxygen atoms in total. The minimum Gasteiger partial charge on any atom is -0.369 e. The lowest BCUT2D eigenvalue weighted by atomic mass is 9.81. The van der Waals surface area contributed by atoms with Crippen molar-refractivity contribution >= 4 is 17.3 Å². The second-order valence-corrected chi connectivity index (χ2v) is 8.54. The molecule has 2 rings (SSSR count). The summed E-state index contributed by atoms with van der Waals surface area (Å²) in [5.41, 5.74) is -0.0752. The minimum atomic E-state index is -0.445. The van der Waals surface area contributed by atoms with Gasteiger partial charge in [0.15, 0.2) is 5.78 Å². The first kappa shape index (κ1) is 15.6. The molecule has 0 saturated carbocycles. The lowest BCUT2D eigenvalue weighted by molar-refractivity contribution is -0.0712. The second kappa shape index (κ2) is 4.60. The van der Waals surface area contributed by atoms with E-state index >= 15 is 0 Å². The van der Waals surface area contributed by atoms with Crippen LogP contribution in [-0.2, 0) is 10.2 Å². The Kier molecular flexibility index (Phi) is 3.58. The SMILES string of the molecule is CC1(C)CC(C(=O)c2snnc2C(C)(C)C)C(C)(C)O1. The summed E-state index contributed by atoms with van der Waals surface area (Å²) >= 11 is 1.21. The summed E-state index contributed by atoms with van der Waals surface area (Å²) < 4.78 is 10.0. The number of hydrogen-bond acceptors (Lipinski definition) is 5. The lowest BCUT2D eigenvalue weighted by Gasteiger charge is -2.26. The first-order valence-corrected chi connectivity index (χ1v) is 7.79. The molecule has 0 radical (unpaired) electrons. The zero-order chi connectivity index (χ0) is 15.3. The molecule has 5 heteroatoms. The number of hydrogen-bond donors (Lipinski definition) is 0. The third-order valence-corrected chi connectivity index (χ3v) is 4.55. The predicted octanol–water partition coefficient (Wildman–Crippen LogP) is 3.61. The van der Waals surface area contributed by atoms with E-state index in [4.69, 9.17) is 4.74 Å². The summed E-state index contributed by atoms with van der Waals surface area (Å²) in [6, 6.07) is 0. The zero-order valence-corrected chi connectivity index (χ0v) is 14.2. The van der Waals surface area contributed by atoms with Gasteiger partial charge in [-0.2, -0.15) is 0 Å². The summed E-state index contributed by atoms with van der Waals surface area (Å²) in [7, 11) is 0. The number of Topliss-reactive ketones (excluding diaryl/α,β-unsaturated/α-hetero) is 1. The van der Waals surface area contributed by atoms with Crippen molar-refractivity contribution in [1.29, 1.82) is 0 Å². The number of carbonyl (C=O) groups is 1. The van der Waals surface area contributed by atoms with E-state index in [1.165, 1.54) is 11.5 Å². The maximum atomic E-state index is 12.9. The van der Waals surface area contributed by atoms with Gasteiger partial charge in [-0.15, -0.1) is 5.10 Å². The van der Waals surface area contributed by atoms with Crippen LogP contribution in [0.15, 0.2) is 0 Å². The quantitative estimate of drug-likeness (QED) is 0.782. The van der Waals surface area contributed by atoms with Crippen molar-refractivity contribution in [3.05, 3.63) is 10.6 Å². The van der Waals surface area contributed by atoms with Crippen LogP contribution in [-0.4, -0.2) is 26.6 Å². The molecule has 0 amide bonds. The summed E-state index contributed by atoms with van der Waals surface area (Å²) in [6.45, 7) is 14.2. The maximum absolute atomic E-state index is 12.9. The fourth-order valence-corrected chi connectivity index (χ4v) is 3.84. The fourth-order valence-electron chi connectivity index (χ4n) is 2.97. The average Bonchev–Trinajstić information content (AvgIpc) is 2.78. The summed E-state index contributed by atoms with van der Waals surface area (Å²) in [5.74, 6) is -0.0126. The molecule has 1 saturated heterocycles. The summed E-state index contributed by atoms with van der Waals surface area (Å²) in [4.78, 5) is 13.6. The van der Waals surface area contributed by atoms with Crippen LogP contribution in [0.2, 0.25) is 0 Å². The highest BCUT2D eigenvalue weighted by Crippen LogP contribution is 2.44. The largest absolute Gasteiger partial charge is 0.369 e. The summed E-state index contributed by atoms with van der Waals surface area (Å²) in [6.07, 6.45) is 0.736. The molecule has 1 fully saturated rings. The first-order chi connectivity index (χ1) is 8.94. The van der Waals surface area contributed by atoms with E-state index in [0.717, 1.165) is 12.1 Å². The van der Waals surface area contributed by atoms with Gasteiger partial charge in [-0.3, -0.25) is 4.79 Å². The van der Waals surface area contributed by atoms with Crippen LogP contribution >= 0.6 is 11.5 Å². The Balaban J connectivity index is 2.36. The molecule has 0 aliphatic carbocycles. The van der Waals surface area contributed by atoms with Gasteiger partial charge in [0.2, 0.25) is 0 Å². The standard InChI is InChI=1S/C15H24N2O2S/c1-13(2,3)12-11(20-17-16-12)10(18)9-8-14(4,5)19-15(9,6)7/h9H,8H2,1-7H3. The molecule has 1 atom stereocenters. The number of aromatic nitrogens is 2. The molecule has 1 unspecified atom stereocenters. The maximum Gasteiger partial charge on any atom is 0.182 e. The molecule has 1 aromatic rings. The first-order valence-electron chi connectivity index (χ1n) is 7.01. The fraction of sp³-hybridized carbons (Fsp3) is 0.800. The average molecular weight is 296 g/mol. The van der Waals surface area contributed by atoms with E-state index in [1.54, 1.807) is 0 Å². The number of ether oxygens (including phenoxy) is 1. The molecule has 0 bridgehead atoms. The van der Waals surface area contributed by atoms with Crippen LogP contribution in [0.5, 0.6) is 0 Å². The van der Waals surface area contributed by atoms with Crippen LogP contribution in [0.4, 0.5) is 0 Å². The van der Waals surface area contributed by atoms with Crippen LogP contribution in [0.1, 0.15) is 70.3 Å². The van der Waals surface area contributed by atoms with Crippen molar-refractivity contribution in [3.8, 4) is 0 Å². The van der Waals surface area contributed by atoms with Gasteiger partial charge in [0.1, 0.15) is 4.88 Å². The van der Waals surface area contributed by atoms with Crippen LogP contribution in [0.3, 0.4) is 0 Å². The van der Waals surface area contributed by atoms with Gasteiger partial charge < -0.3 is 4.74 Å². The van der Waals surface area contributed by atoms with E-state index in [-0.39, 0.29) is 22.7 Å². The van der Waals surface area contributed by atoms with Crippen molar-refractivity contribution in [3.63, 3.8) is 0 Å². The molecule has 0 aromatic carbocycles. The monoisotopic (exact) mass is 296 g/mol. The van der Waals surface area contributed by atoms with Gasteiger partial charge in [0.25, 0.3) is 0 Å². The van der Waals surface area contributed by atoms with Crippen LogP contribution in [0, 0.1) is 5.92 Å². The Morgan fingerprint density at radius 1 is 1.30 bits per heavy atom. The molecule has 20 heavy (non-hydrogen) atoms. The predicted molar refractivity (Wildman–Crippen MR) is 80.3 cm³/mol. The molecular weight excluding hydrogens is 272 g/mol. The smallest absolute Gasteiger partial charge is 0.182 e. The van der Waals surface area contributed by atoms with E-state index < -0.39 is 5.60 Å². The van der Waals surface area contributed by atoms with E-state index in [9.17, 15) is 4.79 Å². The van der Waals surface area contributed by atoms with Crippen LogP contribution < -0.4 is 0 Å². The molecule has 112 valence electrons.